The van der Waals surface area contributed by atoms with E-state index in [1.165, 1.54) is 11.3 Å². The van der Waals surface area contributed by atoms with Gasteiger partial charge in [0.25, 0.3) is 5.91 Å². The Balaban J connectivity index is 2.85. The quantitative estimate of drug-likeness (QED) is 0.837. The molecule has 1 amide bonds. The van der Waals surface area contributed by atoms with Gasteiger partial charge in [-0.25, -0.2) is 4.79 Å². The topological polar surface area (TPSA) is 66.4 Å². The third kappa shape index (κ3) is 3.79. The molecule has 0 aliphatic rings. The first-order valence-corrected chi connectivity index (χ1v) is 7.21. The number of halogens is 2. The fourth-order valence-electron chi connectivity index (χ4n) is 1.23. The molecule has 0 bridgehead atoms. The van der Waals surface area contributed by atoms with Gasteiger partial charge in [-0.3, -0.25) is 4.79 Å². The molecule has 0 aromatic carbocycles. The third-order valence-electron chi connectivity index (χ3n) is 2.12. The van der Waals surface area contributed by atoms with Gasteiger partial charge in [0.15, 0.2) is 0 Å². The molecule has 7 heteroatoms. The number of aliphatic carboxylic acids is 1. The van der Waals surface area contributed by atoms with E-state index >= 15 is 0 Å². The predicted molar refractivity (Wildman–Crippen MR) is 73.4 cm³/mol. The Morgan fingerprint density at radius 3 is 2.35 bits per heavy atom. The largest absolute Gasteiger partial charge is 0.480 e. The fourth-order valence-corrected chi connectivity index (χ4v) is 4.02. The highest BCUT2D eigenvalue weighted by Gasteiger charge is 2.25. The number of carboxylic acid groups (broad SMARTS) is 1. The van der Waals surface area contributed by atoms with Gasteiger partial charge in [0.2, 0.25) is 0 Å². The molecular formula is C10H11Br2NO3S. The van der Waals surface area contributed by atoms with Crippen molar-refractivity contribution in [1.82, 2.24) is 5.32 Å². The number of thiophene rings is 1. The summed E-state index contributed by atoms with van der Waals surface area (Å²) >= 11 is 7.90. The second-order valence-electron chi connectivity index (χ2n) is 3.77. The maximum atomic E-state index is 11.9. The van der Waals surface area contributed by atoms with Crippen LogP contribution in [-0.4, -0.2) is 23.0 Å². The van der Waals surface area contributed by atoms with Crippen LogP contribution in [-0.2, 0) is 4.79 Å². The second-order valence-corrected chi connectivity index (χ2v) is 7.52. The summed E-state index contributed by atoms with van der Waals surface area (Å²) in [5.74, 6) is -1.59. The summed E-state index contributed by atoms with van der Waals surface area (Å²) in [6, 6.07) is 0.775. The summed E-state index contributed by atoms with van der Waals surface area (Å²) in [4.78, 5) is 22.8. The van der Waals surface area contributed by atoms with E-state index in [4.69, 9.17) is 5.11 Å². The molecule has 0 aliphatic carbocycles. The molecule has 0 aliphatic heterocycles. The highest BCUT2D eigenvalue weighted by Crippen LogP contribution is 2.31. The standard InChI is InChI=1S/C10H11Br2NO3S/c1-4(2)7(10(15)16)13-9(14)5-3-6(11)17-8(5)12/h3-4,7H,1-2H3,(H,13,14)(H,15,16)/t7-/m0/s1. The summed E-state index contributed by atoms with van der Waals surface area (Å²) < 4.78 is 1.49. The summed E-state index contributed by atoms with van der Waals surface area (Å²) in [7, 11) is 0. The van der Waals surface area contributed by atoms with Crippen molar-refractivity contribution in [3.63, 3.8) is 0 Å². The van der Waals surface area contributed by atoms with E-state index in [9.17, 15) is 9.59 Å². The van der Waals surface area contributed by atoms with Gasteiger partial charge in [-0.2, -0.15) is 0 Å². The SMILES string of the molecule is CC(C)[C@H](NC(=O)c1cc(Br)sc1Br)C(=O)O. The van der Waals surface area contributed by atoms with Crippen molar-refractivity contribution in [2.75, 3.05) is 0 Å². The number of carbonyl (C=O) groups excluding carboxylic acids is 1. The molecule has 0 saturated carbocycles. The number of nitrogens with one attached hydrogen (secondary N) is 1. The number of hydrogen-bond donors (Lipinski definition) is 2. The van der Waals surface area contributed by atoms with Crippen LogP contribution in [0.15, 0.2) is 13.6 Å². The summed E-state index contributed by atoms with van der Waals surface area (Å²) in [6.45, 7) is 3.50. The van der Waals surface area contributed by atoms with Gasteiger partial charge in [0, 0.05) is 0 Å². The van der Waals surface area contributed by atoms with E-state index in [0.717, 1.165) is 3.79 Å². The van der Waals surface area contributed by atoms with Crippen molar-refractivity contribution in [2.24, 2.45) is 5.92 Å². The minimum absolute atomic E-state index is 0.169. The Kier molecular flexibility index (Phi) is 5.15. The second kappa shape index (κ2) is 5.97. The molecule has 17 heavy (non-hydrogen) atoms. The average molecular weight is 385 g/mol. The van der Waals surface area contributed by atoms with Gasteiger partial charge in [0.05, 0.1) is 13.1 Å². The molecule has 4 nitrogen and oxygen atoms in total. The minimum Gasteiger partial charge on any atom is -0.480 e. The molecule has 1 aromatic rings. The van der Waals surface area contributed by atoms with Crippen molar-refractivity contribution in [3.05, 3.63) is 19.2 Å². The predicted octanol–water partition coefficient (Wildman–Crippen LogP) is 3.11. The summed E-state index contributed by atoms with van der Waals surface area (Å²) in [5.41, 5.74) is 0.439. The van der Waals surface area contributed by atoms with Crippen LogP contribution >= 0.6 is 43.2 Å². The van der Waals surface area contributed by atoms with E-state index in [1.54, 1.807) is 19.9 Å². The van der Waals surface area contributed by atoms with Crippen molar-refractivity contribution < 1.29 is 14.7 Å². The van der Waals surface area contributed by atoms with Gasteiger partial charge in [-0.15, -0.1) is 11.3 Å². The molecule has 0 unspecified atom stereocenters. The molecular weight excluding hydrogens is 374 g/mol. The smallest absolute Gasteiger partial charge is 0.326 e. The highest BCUT2D eigenvalue weighted by molar-refractivity contribution is 9.12. The highest BCUT2D eigenvalue weighted by atomic mass is 79.9. The molecule has 94 valence electrons. The van der Waals surface area contributed by atoms with Gasteiger partial charge in [-0.05, 0) is 43.8 Å². The first kappa shape index (κ1) is 14.7. The molecule has 2 N–H and O–H groups in total. The fraction of sp³-hybridized carbons (Fsp3) is 0.400. The van der Waals surface area contributed by atoms with Crippen LogP contribution in [0.4, 0.5) is 0 Å². The molecule has 1 rings (SSSR count). The van der Waals surface area contributed by atoms with E-state index in [1.807, 2.05) is 0 Å². The zero-order valence-electron chi connectivity index (χ0n) is 9.16. The number of carbonyl (C=O) groups is 2. The minimum atomic E-state index is -1.03. The zero-order valence-corrected chi connectivity index (χ0v) is 13.1. The molecule has 1 heterocycles. The lowest BCUT2D eigenvalue weighted by Gasteiger charge is -2.17. The van der Waals surface area contributed by atoms with Crippen LogP contribution in [0.1, 0.15) is 24.2 Å². The van der Waals surface area contributed by atoms with Crippen LogP contribution in [0.25, 0.3) is 0 Å². The van der Waals surface area contributed by atoms with Crippen LogP contribution in [0, 0.1) is 5.92 Å². The molecule has 1 atom stereocenters. The van der Waals surface area contributed by atoms with E-state index in [0.29, 0.717) is 9.35 Å². The monoisotopic (exact) mass is 383 g/mol. The van der Waals surface area contributed by atoms with Crippen molar-refractivity contribution >= 4 is 55.1 Å². The Bertz CT molecular complexity index is 445. The maximum Gasteiger partial charge on any atom is 0.326 e. The van der Waals surface area contributed by atoms with Crippen LogP contribution in [0.2, 0.25) is 0 Å². The summed E-state index contributed by atoms with van der Waals surface area (Å²) in [5, 5.41) is 11.5. The molecule has 0 radical (unpaired) electrons. The van der Waals surface area contributed by atoms with Crippen molar-refractivity contribution in [2.45, 2.75) is 19.9 Å². The molecule has 1 aromatic heterocycles. The lowest BCUT2D eigenvalue weighted by molar-refractivity contribution is -0.140. The number of rotatable bonds is 4. The molecule has 0 spiro atoms. The van der Waals surface area contributed by atoms with E-state index in [2.05, 4.69) is 37.2 Å². The van der Waals surface area contributed by atoms with Crippen molar-refractivity contribution in [3.8, 4) is 0 Å². The first-order chi connectivity index (χ1) is 7.82. The van der Waals surface area contributed by atoms with Crippen LogP contribution < -0.4 is 5.32 Å². The van der Waals surface area contributed by atoms with Gasteiger partial charge < -0.3 is 10.4 Å². The van der Waals surface area contributed by atoms with Gasteiger partial charge in [0.1, 0.15) is 6.04 Å². The van der Waals surface area contributed by atoms with Crippen LogP contribution in [0.3, 0.4) is 0 Å². The Hall–Kier alpha value is -0.400. The third-order valence-corrected chi connectivity index (χ3v) is 4.46. The number of amides is 1. The normalized spacial score (nSPS) is 12.5. The Morgan fingerprint density at radius 1 is 1.41 bits per heavy atom. The summed E-state index contributed by atoms with van der Waals surface area (Å²) in [6.07, 6.45) is 0. The van der Waals surface area contributed by atoms with Gasteiger partial charge >= 0.3 is 5.97 Å². The zero-order chi connectivity index (χ0) is 13.2. The van der Waals surface area contributed by atoms with E-state index in [-0.39, 0.29) is 11.8 Å². The number of hydrogen-bond acceptors (Lipinski definition) is 3. The Morgan fingerprint density at radius 2 is 2.00 bits per heavy atom. The molecule has 0 fully saturated rings. The average Bonchev–Trinajstić information content (AvgIpc) is 2.53. The Labute approximate surface area is 120 Å². The van der Waals surface area contributed by atoms with Crippen LogP contribution in [0.5, 0.6) is 0 Å². The number of carboxylic acids is 1. The lowest BCUT2D eigenvalue weighted by Crippen LogP contribution is -2.44. The maximum absolute atomic E-state index is 11.9. The van der Waals surface area contributed by atoms with Crippen molar-refractivity contribution in [1.29, 1.82) is 0 Å². The lowest BCUT2D eigenvalue weighted by atomic mass is 10.0. The van der Waals surface area contributed by atoms with Gasteiger partial charge in [-0.1, -0.05) is 13.8 Å². The molecule has 0 saturated heterocycles. The van der Waals surface area contributed by atoms with E-state index < -0.39 is 12.0 Å². The first-order valence-electron chi connectivity index (χ1n) is 4.81.